The van der Waals surface area contributed by atoms with Crippen LogP contribution in [0.25, 0.3) is 0 Å². The van der Waals surface area contributed by atoms with Crippen LogP contribution >= 0.6 is 0 Å². The molecule has 2 heterocycles. The molecule has 2 aliphatic rings. The number of halogens is 1. The Morgan fingerprint density at radius 2 is 1.65 bits per heavy atom. The van der Waals surface area contributed by atoms with E-state index < -0.39 is 17.9 Å². The van der Waals surface area contributed by atoms with Crippen molar-refractivity contribution in [1.82, 2.24) is 0 Å². The highest BCUT2D eigenvalue weighted by molar-refractivity contribution is 6.32. The van der Waals surface area contributed by atoms with Crippen LogP contribution in [0.15, 0.2) is 59.8 Å². The lowest BCUT2D eigenvalue weighted by Crippen LogP contribution is -2.33. The standard InChI is InChI=1S/C17H11FN2O3/c18-11-8-6-10(7-9-11)14-13-15(23-19-14)17(22)20(16(13)21)12-4-2-1-3-5-12/h1-9,13,15H/t13-,15-/m0/s1. The number of rotatable bonds is 2. The molecule has 2 amide bonds. The van der Waals surface area contributed by atoms with Crippen molar-refractivity contribution in [3.05, 3.63) is 66.0 Å². The number of hydrogen-bond donors (Lipinski definition) is 0. The Balaban J connectivity index is 1.71. The molecule has 0 saturated carbocycles. The molecule has 5 nitrogen and oxygen atoms in total. The second-order valence-corrected chi connectivity index (χ2v) is 5.33. The summed E-state index contributed by atoms with van der Waals surface area (Å²) in [5, 5.41) is 3.87. The molecule has 1 fully saturated rings. The van der Waals surface area contributed by atoms with E-state index in [-0.39, 0.29) is 11.7 Å². The van der Waals surface area contributed by atoms with E-state index in [1.165, 1.54) is 24.3 Å². The maximum Gasteiger partial charge on any atom is 0.278 e. The summed E-state index contributed by atoms with van der Waals surface area (Å²) < 4.78 is 13.1. The van der Waals surface area contributed by atoms with Crippen molar-refractivity contribution in [2.24, 2.45) is 11.1 Å². The fourth-order valence-corrected chi connectivity index (χ4v) is 2.87. The predicted molar refractivity (Wildman–Crippen MR) is 80.2 cm³/mol. The number of fused-ring (bicyclic) bond motifs is 1. The van der Waals surface area contributed by atoms with Gasteiger partial charge in [0.1, 0.15) is 17.4 Å². The number of imide groups is 1. The van der Waals surface area contributed by atoms with Gasteiger partial charge >= 0.3 is 0 Å². The minimum Gasteiger partial charge on any atom is -0.381 e. The number of anilines is 1. The second-order valence-electron chi connectivity index (χ2n) is 5.33. The third kappa shape index (κ3) is 2.03. The fraction of sp³-hybridized carbons (Fsp3) is 0.118. The van der Waals surface area contributed by atoms with Gasteiger partial charge < -0.3 is 4.84 Å². The van der Waals surface area contributed by atoms with Crippen LogP contribution in [-0.4, -0.2) is 23.6 Å². The van der Waals surface area contributed by atoms with Crippen LogP contribution in [0.3, 0.4) is 0 Å². The van der Waals surface area contributed by atoms with E-state index in [9.17, 15) is 14.0 Å². The van der Waals surface area contributed by atoms with Crippen molar-refractivity contribution < 1.29 is 18.8 Å². The van der Waals surface area contributed by atoms with E-state index in [1.54, 1.807) is 30.3 Å². The molecule has 0 radical (unpaired) electrons. The molecule has 2 aromatic rings. The maximum atomic E-state index is 13.1. The zero-order valence-electron chi connectivity index (χ0n) is 11.8. The first kappa shape index (κ1) is 13.6. The molecular formula is C17H11FN2O3. The molecular weight excluding hydrogens is 299 g/mol. The predicted octanol–water partition coefficient (Wildman–Crippen LogP) is 2.12. The topological polar surface area (TPSA) is 59.0 Å². The average molecular weight is 310 g/mol. The Hall–Kier alpha value is -3.02. The highest BCUT2D eigenvalue weighted by atomic mass is 19.1. The summed E-state index contributed by atoms with van der Waals surface area (Å²) in [6.07, 6.45) is -0.956. The number of nitrogens with zero attached hydrogens (tertiary/aromatic N) is 2. The lowest BCUT2D eigenvalue weighted by Gasteiger charge is -2.15. The first-order valence-corrected chi connectivity index (χ1v) is 7.09. The van der Waals surface area contributed by atoms with Gasteiger partial charge in [-0.3, -0.25) is 9.59 Å². The number of benzene rings is 2. The summed E-state index contributed by atoms with van der Waals surface area (Å²) >= 11 is 0. The zero-order chi connectivity index (χ0) is 16.0. The smallest absolute Gasteiger partial charge is 0.278 e. The van der Waals surface area contributed by atoms with Crippen LogP contribution in [-0.2, 0) is 14.4 Å². The van der Waals surface area contributed by atoms with Gasteiger partial charge in [-0.15, -0.1) is 0 Å². The Labute approximate surface area is 131 Å². The maximum absolute atomic E-state index is 13.1. The van der Waals surface area contributed by atoms with Crippen molar-refractivity contribution >= 4 is 23.2 Å². The van der Waals surface area contributed by atoms with E-state index in [2.05, 4.69) is 5.16 Å². The van der Waals surface area contributed by atoms with Gasteiger partial charge in [0.2, 0.25) is 12.0 Å². The lowest BCUT2D eigenvalue weighted by molar-refractivity contribution is -0.126. The molecule has 1 saturated heterocycles. The van der Waals surface area contributed by atoms with Crippen molar-refractivity contribution in [2.45, 2.75) is 6.10 Å². The van der Waals surface area contributed by atoms with E-state index in [0.717, 1.165) is 4.90 Å². The largest absolute Gasteiger partial charge is 0.381 e. The third-order valence-corrected chi connectivity index (χ3v) is 3.97. The molecule has 0 aromatic heterocycles. The molecule has 2 aromatic carbocycles. The molecule has 0 unspecified atom stereocenters. The molecule has 0 spiro atoms. The lowest BCUT2D eigenvalue weighted by atomic mass is 9.94. The van der Waals surface area contributed by atoms with Crippen LogP contribution in [0.4, 0.5) is 10.1 Å². The van der Waals surface area contributed by atoms with Gasteiger partial charge in [0.15, 0.2) is 0 Å². The number of para-hydroxylation sites is 1. The van der Waals surface area contributed by atoms with E-state index >= 15 is 0 Å². The zero-order valence-corrected chi connectivity index (χ0v) is 11.8. The number of amides is 2. The monoisotopic (exact) mass is 310 g/mol. The normalized spacial score (nSPS) is 22.8. The van der Waals surface area contributed by atoms with Crippen LogP contribution < -0.4 is 4.90 Å². The van der Waals surface area contributed by atoms with Gasteiger partial charge in [0.05, 0.1) is 5.69 Å². The fourth-order valence-electron chi connectivity index (χ4n) is 2.87. The highest BCUT2D eigenvalue weighted by Gasteiger charge is 2.56. The second kappa shape index (κ2) is 5.01. The van der Waals surface area contributed by atoms with Crippen molar-refractivity contribution in [1.29, 1.82) is 0 Å². The Morgan fingerprint density at radius 1 is 0.957 bits per heavy atom. The van der Waals surface area contributed by atoms with E-state index in [0.29, 0.717) is 17.0 Å². The highest BCUT2D eigenvalue weighted by Crippen LogP contribution is 2.34. The summed E-state index contributed by atoms with van der Waals surface area (Å²) in [6.45, 7) is 0. The minimum absolute atomic E-state index is 0.354. The molecule has 2 aliphatic heterocycles. The van der Waals surface area contributed by atoms with Crippen molar-refractivity contribution in [3.63, 3.8) is 0 Å². The molecule has 0 N–H and O–H groups in total. The molecule has 23 heavy (non-hydrogen) atoms. The number of carbonyl (C=O) groups excluding carboxylic acids is 2. The third-order valence-electron chi connectivity index (χ3n) is 3.97. The molecule has 114 valence electrons. The summed E-state index contributed by atoms with van der Waals surface area (Å²) in [7, 11) is 0. The average Bonchev–Trinajstić information content (AvgIpc) is 3.10. The van der Waals surface area contributed by atoms with Gasteiger partial charge in [0.25, 0.3) is 5.91 Å². The molecule has 4 rings (SSSR count). The van der Waals surface area contributed by atoms with Crippen LogP contribution in [0.2, 0.25) is 0 Å². The van der Waals surface area contributed by atoms with Gasteiger partial charge in [-0.05, 0) is 24.3 Å². The first-order chi connectivity index (χ1) is 11.2. The van der Waals surface area contributed by atoms with Gasteiger partial charge in [0, 0.05) is 5.56 Å². The minimum atomic E-state index is -0.956. The van der Waals surface area contributed by atoms with E-state index in [1.807, 2.05) is 0 Å². The SMILES string of the molecule is O=C1[C@H]2C(c3ccc(F)cc3)=NO[C@@H]2C(=O)N1c1ccccc1. The van der Waals surface area contributed by atoms with E-state index in [4.69, 9.17) is 4.84 Å². The van der Waals surface area contributed by atoms with Crippen molar-refractivity contribution in [3.8, 4) is 0 Å². The summed E-state index contributed by atoms with van der Waals surface area (Å²) in [5.74, 6) is -2.00. The summed E-state index contributed by atoms with van der Waals surface area (Å²) in [5.41, 5.74) is 1.42. The summed E-state index contributed by atoms with van der Waals surface area (Å²) in [4.78, 5) is 31.5. The molecule has 0 bridgehead atoms. The quantitative estimate of drug-likeness (QED) is 0.798. The number of carbonyl (C=O) groups is 2. The number of hydrogen-bond acceptors (Lipinski definition) is 4. The van der Waals surface area contributed by atoms with Gasteiger partial charge in [-0.2, -0.15) is 0 Å². The Kier molecular flexibility index (Phi) is 2.97. The molecule has 2 atom stereocenters. The van der Waals surface area contributed by atoms with Crippen LogP contribution in [0, 0.1) is 11.7 Å². The first-order valence-electron chi connectivity index (χ1n) is 7.09. The Bertz CT molecular complexity index is 817. The van der Waals surface area contributed by atoms with Crippen LogP contribution in [0.5, 0.6) is 0 Å². The summed E-state index contributed by atoms with van der Waals surface area (Å²) in [6, 6.07) is 14.3. The van der Waals surface area contributed by atoms with Crippen LogP contribution in [0.1, 0.15) is 5.56 Å². The van der Waals surface area contributed by atoms with Crippen molar-refractivity contribution in [2.75, 3.05) is 4.90 Å². The Morgan fingerprint density at radius 3 is 2.35 bits per heavy atom. The molecule has 0 aliphatic carbocycles. The molecule has 6 heteroatoms. The number of oxime groups is 1. The van der Waals surface area contributed by atoms with Gasteiger partial charge in [-0.1, -0.05) is 35.5 Å². The van der Waals surface area contributed by atoms with Gasteiger partial charge in [-0.25, -0.2) is 9.29 Å².